The van der Waals surface area contributed by atoms with Gasteiger partial charge in [0, 0.05) is 6.04 Å². The molecule has 0 amide bonds. The molecule has 0 saturated heterocycles. The van der Waals surface area contributed by atoms with E-state index in [9.17, 15) is 4.79 Å². The fraction of sp³-hybridized carbons (Fsp3) is 0.409. The monoisotopic (exact) mass is 337 g/mol. The predicted molar refractivity (Wildman–Crippen MR) is 100 cm³/mol. The van der Waals surface area contributed by atoms with Crippen LogP contribution >= 0.6 is 0 Å². The number of benzene rings is 2. The molecule has 0 radical (unpaired) electrons. The first-order valence-corrected chi connectivity index (χ1v) is 9.17. The molecular formula is C22H27NO2. The number of carbonyl (C=O) groups excluding carboxylic acids is 1. The maximum atomic E-state index is 12.6. The smallest absolute Gasteiger partial charge is 0.316 e. The minimum absolute atomic E-state index is 0.0799. The van der Waals surface area contributed by atoms with E-state index in [0.717, 1.165) is 24.9 Å². The van der Waals surface area contributed by atoms with Gasteiger partial charge in [0.1, 0.15) is 0 Å². The van der Waals surface area contributed by atoms with Crippen LogP contribution in [0.5, 0.6) is 0 Å². The van der Waals surface area contributed by atoms with Crippen LogP contribution in [-0.4, -0.2) is 25.2 Å². The van der Waals surface area contributed by atoms with Gasteiger partial charge in [-0.25, -0.2) is 0 Å². The first-order valence-electron chi connectivity index (χ1n) is 9.17. The van der Waals surface area contributed by atoms with Crippen LogP contribution in [-0.2, 0) is 21.4 Å². The highest BCUT2D eigenvalue weighted by Gasteiger charge is 2.61. The number of hydrogen-bond acceptors (Lipinski definition) is 3. The summed E-state index contributed by atoms with van der Waals surface area (Å²) in [4.78, 5) is 12.6. The molecule has 1 aliphatic carbocycles. The molecule has 3 nitrogen and oxygen atoms in total. The molecule has 0 bridgehead atoms. The number of esters is 1. The van der Waals surface area contributed by atoms with Crippen molar-refractivity contribution in [1.29, 1.82) is 0 Å². The highest BCUT2D eigenvalue weighted by atomic mass is 16.5. The summed E-state index contributed by atoms with van der Waals surface area (Å²) in [7, 11) is 0. The molecule has 2 aromatic rings. The summed E-state index contributed by atoms with van der Waals surface area (Å²) in [5.41, 5.74) is 1.95. The van der Waals surface area contributed by atoms with Gasteiger partial charge in [0.05, 0.1) is 12.0 Å². The summed E-state index contributed by atoms with van der Waals surface area (Å²) in [5, 5.41) is 3.61. The Balaban J connectivity index is 1.62. The number of rotatable bonds is 8. The Morgan fingerprint density at radius 3 is 2.44 bits per heavy atom. The first-order chi connectivity index (χ1) is 12.2. The largest absolute Gasteiger partial charge is 0.465 e. The maximum absolute atomic E-state index is 12.6. The summed E-state index contributed by atoms with van der Waals surface area (Å²) in [6.45, 7) is 5.33. The minimum atomic E-state index is -0.462. The third-order valence-corrected chi connectivity index (χ3v) is 5.13. The lowest BCUT2D eigenvalue weighted by Crippen LogP contribution is -2.34. The van der Waals surface area contributed by atoms with Crippen molar-refractivity contribution < 1.29 is 9.53 Å². The molecule has 2 aromatic carbocycles. The second-order valence-corrected chi connectivity index (χ2v) is 6.96. The molecule has 132 valence electrons. The van der Waals surface area contributed by atoms with Crippen LogP contribution in [0.2, 0.25) is 0 Å². The Labute approximate surface area is 150 Å². The maximum Gasteiger partial charge on any atom is 0.316 e. The fourth-order valence-electron chi connectivity index (χ4n) is 3.68. The van der Waals surface area contributed by atoms with Gasteiger partial charge in [-0.2, -0.15) is 0 Å². The number of nitrogens with one attached hydrogen (secondary N) is 1. The minimum Gasteiger partial charge on any atom is -0.465 e. The van der Waals surface area contributed by atoms with E-state index in [-0.39, 0.29) is 5.97 Å². The molecule has 1 saturated carbocycles. The number of ether oxygens (including phenoxy) is 1. The second-order valence-electron chi connectivity index (χ2n) is 6.96. The van der Waals surface area contributed by atoms with E-state index in [1.807, 2.05) is 43.3 Å². The third kappa shape index (κ3) is 3.93. The SMILES string of the molecule is CCOC(=O)C1(c2ccccc2)CC1CNC(C)Cc1ccccc1. The summed E-state index contributed by atoms with van der Waals surface area (Å²) in [6.07, 6.45) is 1.85. The zero-order chi connectivity index (χ0) is 17.7. The Bertz CT molecular complexity index is 686. The topological polar surface area (TPSA) is 38.3 Å². The zero-order valence-electron chi connectivity index (χ0n) is 15.1. The van der Waals surface area contributed by atoms with Crippen LogP contribution in [0.4, 0.5) is 0 Å². The fourth-order valence-corrected chi connectivity index (χ4v) is 3.68. The van der Waals surface area contributed by atoms with Crippen LogP contribution in [0.3, 0.4) is 0 Å². The summed E-state index contributed by atoms with van der Waals surface area (Å²) >= 11 is 0. The molecule has 3 atom stereocenters. The molecular weight excluding hydrogens is 310 g/mol. The van der Waals surface area contributed by atoms with Crippen LogP contribution in [0.1, 0.15) is 31.4 Å². The molecule has 1 aliphatic rings. The van der Waals surface area contributed by atoms with Gasteiger partial charge in [-0.3, -0.25) is 4.79 Å². The molecule has 1 fully saturated rings. The van der Waals surface area contributed by atoms with Crippen LogP contribution in [0.15, 0.2) is 60.7 Å². The summed E-state index contributed by atoms with van der Waals surface area (Å²) in [5.74, 6) is 0.218. The Morgan fingerprint density at radius 1 is 1.16 bits per heavy atom. The lowest BCUT2D eigenvalue weighted by Gasteiger charge is -2.19. The van der Waals surface area contributed by atoms with Gasteiger partial charge in [-0.05, 0) is 50.3 Å². The van der Waals surface area contributed by atoms with Crippen molar-refractivity contribution in [3.8, 4) is 0 Å². The van der Waals surface area contributed by atoms with Crippen molar-refractivity contribution >= 4 is 5.97 Å². The lowest BCUT2D eigenvalue weighted by molar-refractivity contribution is -0.146. The molecule has 0 heterocycles. The standard InChI is InChI=1S/C22H27NO2/c1-3-25-21(24)22(19-12-8-5-9-13-19)15-20(22)16-23-17(2)14-18-10-6-4-7-11-18/h4-13,17,20,23H,3,14-16H2,1-2H3. The molecule has 3 heteroatoms. The van der Waals surface area contributed by atoms with Gasteiger partial charge in [0.25, 0.3) is 0 Å². The van der Waals surface area contributed by atoms with E-state index < -0.39 is 5.41 Å². The van der Waals surface area contributed by atoms with Crippen LogP contribution in [0, 0.1) is 5.92 Å². The van der Waals surface area contributed by atoms with E-state index in [1.54, 1.807) is 0 Å². The van der Waals surface area contributed by atoms with Gasteiger partial charge in [-0.15, -0.1) is 0 Å². The van der Waals surface area contributed by atoms with Crippen molar-refractivity contribution in [2.75, 3.05) is 13.2 Å². The number of hydrogen-bond donors (Lipinski definition) is 1. The van der Waals surface area contributed by atoms with E-state index in [0.29, 0.717) is 18.6 Å². The normalized spacial score (nSPS) is 23.0. The Hall–Kier alpha value is -2.13. The first kappa shape index (κ1) is 17.7. The summed E-state index contributed by atoms with van der Waals surface area (Å²) in [6, 6.07) is 20.9. The zero-order valence-corrected chi connectivity index (χ0v) is 15.1. The van der Waals surface area contributed by atoms with E-state index in [2.05, 4.69) is 36.5 Å². The highest BCUT2D eigenvalue weighted by Crippen LogP contribution is 2.54. The Morgan fingerprint density at radius 2 is 1.80 bits per heavy atom. The molecule has 0 aliphatic heterocycles. The molecule has 3 rings (SSSR count). The predicted octanol–water partition coefficient (Wildman–Crippen LogP) is 3.73. The van der Waals surface area contributed by atoms with Crippen molar-refractivity contribution in [2.45, 2.75) is 38.1 Å². The summed E-state index contributed by atoms with van der Waals surface area (Å²) < 4.78 is 5.39. The molecule has 3 unspecified atom stereocenters. The quantitative estimate of drug-likeness (QED) is 0.746. The van der Waals surface area contributed by atoms with Crippen molar-refractivity contribution in [3.05, 3.63) is 71.8 Å². The van der Waals surface area contributed by atoms with Gasteiger partial charge in [0.15, 0.2) is 0 Å². The molecule has 0 aromatic heterocycles. The lowest BCUT2D eigenvalue weighted by atomic mass is 9.93. The third-order valence-electron chi connectivity index (χ3n) is 5.13. The molecule has 25 heavy (non-hydrogen) atoms. The van der Waals surface area contributed by atoms with Gasteiger partial charge in [-0.1, -0.05) is 60.7 Å². The van der Waals surface area contributed by atoms with E-state index in [4.69, 9.17) is 4.74 Å². The average Bonchev–Trinajstić information content (AvgIpc) is 3.38. The van der Waals surface area contributed by atoms with Crippen molar-refractivity contribution in [1.82, 2.24) is 5.32 Å². The van der Waals surface area contributed by atoms with Crippen LogP contribution < -0.4 is 5.32 Å². The number of carbonyl (C=O) groups is 1. The average molecular weight is 337 g/mol. The van der Waals surface area contributed by atoms with Gasteiger partial charge in [0.2, 0.25) is 0 Å². The van der Waals surface area contributed by atoms with E-state index in [1.165, 1.54) is 5.56 Å². The van der Waals surface area contributed by atoms with Crippen molar-refractivity contribution in [3.63, 3.8) is 0 Å². The van der Waals surface area contributed by atoms with Gasteiger partial charge < -0.3 is 10.1 Å². The van der Waals surface area contributed by atoms with Crippen molar-refractivity contribution in [2.24, 2.45) is 5.92 Å². The Kier molecular flexibility index (Phi) is 5.54. The van der Waals surface area contributed by atoms with Gasteiger partial charge >= 0.3 is 5.97 Å². The molecule has 1 N–H and O–H groups in total. The van der Waals surface area contributed by atoms with E-state index >= 15 is 0 Å². The van der Waals surface area contributed by atoms with Crippen LogP contribution in [0.25, 0.3) is 0 Å². The second kappa shape index (κ2) is 7.83. The highest BCUT2D eigenvalue weighted by molar-refractivity contribution is 5.87. The molecule has 0 spiro atoms.